The Morgan fingerprint density at radius 2 is 1.44 bits per heavy atom. The van der Waals surface area contributed by atoms with Gasteiger partial charge in [0, 0.05) is 56.7 Å². The summed E-state index contributed by atoms with van der Waals surface area (Å²) in [4.78, 5) is 42.6. The number of anilines is 3. The van der Waals surface area contributed by atoms with Crippen LogP contribution in [0.15, 0.2) is 72.8 Å². The van der Waals surface area contributed by atoms with Crippen molar-refractivity contribution in [1.82, 2.24) is 9.80 Å². The molecule has 0 spiro atoms. The van der Waals surface area contributed by atoms with E-state index in [9.17, 15) is 18.8 Å². The molecule has 39 heavy (non-hydrogen) atoms. The highest BCUT2D eigenvalue weighted by molar-refractivity contribution is 5.94. The largest absolute Gasteiger partial charge is 0.497 e. The first-order chi connectivity index (χ1) is 18.8. The van der Waals surface area contributed by atoms with Crippen LogP contribution < -0.4 is 20.3 Å². The summed E-state index contributed by atoms with van der Waals surface area (Å²) in [7, 11) is 1.60. The molecular formula is C29H32FN5O4. The molecule has 0 bridgehead atoms. The molecule has 4 rings (SSSR count). The van der Waals surface area contributed by atoms with E-state index in [0.717, 1.165) is 17.0 Å². The number of benzene rings is 3. The fourth-order valence-corrected chi connectivity index (χ4v) is 4.26. The molecule has 1 heterocycles. The molecule has 9 nitrogen and oxygen atoms in total. The molecule has 2 N–H and O–H groups in total. The Morgan fingerprint density at radius 1 is 0.846 bits per heavy atom. The molecule has 1 aliphatic rings. The van der Waals surface area contributed by atoms with Crippen molar-refractivity contribution in [2.75, 3.05) is 55.4 Å². The van der Waals surface area contributed by atoms with E-state index in [-0.39, 0.29) is 36.8 Å². The average Bonchev–Trinajstić information content (AvgIpc) is 2.94. The van der Waals surface area contributed by atoms with Gasteiger partial charge in [-0.25, -0.2) is 9.18 Å². The number of piperazine rings is 1. The topological polar surface area (TPSA) is 94.2 Å². The Balaban J connectivity index is 1.25. The fraction of sp³-hybridized carbons (Fsp3) is 0.276. The smallest absolute Gasteiger partial charge is 0.321 e. The van der Waals surface area contributed by atoms with Crippen LogP contribution in [-0.4, -0.2) is 67.5 Å². The summed E-state index contributed by atoms with van der Waals surface area (Å²) in [5, 5.41) is 5.74. The molecule has 0 aromatic heterocycles. The number of nitrogens with zero attached hydrogens (tertiary/aromatic N) is 3. The summed E-state index contributed by atoms with van der Waals surface area (Å²) in [5.74, 6) is -0.197. The SMILES string of the molecule is COc1ccc(NC(=O)N2CCN(c3ccc(NC(=O)CN(Cc4ccc(F)cc4)C(C)=O)cc3)CC2)cc1. The first-order valence-corrected chi connectivity index (χ1v) is 12.7. The van der Waals surface area contributed by atoms with E-state index in [2.05, 4.69) is 15.5 Å². The van der Waals surface area contributed by atoms with Crippen LogP contribution in [0.1, 0.15) is 12.5 Å². The number of hydrogen-bond acceptors (Lipinski definition) is 5. The normalized spacial score (nSPS) is 13.0. The zero-order valence-electron chi connectivity index (χ0n) is 22.0. The number of ether oxygens (including phenoxy) is 1. The summed E-state index contributed by atoms with van der Waals surface area (Å²) in [6.07, 6.45) is 0. The highest BCUT2D eigenvalue weighted by Gasteiger charge is 2.21. The maximum Gasteiger partial charge on any atom is 0.321 e. The van der Waals surface area contributed by atoms with Gasteiger partial charge in [0.2, 0.25) is 11.8 Å². The number of nitrogens with one attached hydrogen (secondary N) is 2. The van der Waals surface area contributed by atoms with Crippen LogP contribution >= 0.6 is 0 Å². The van der Waals surface area contributed by atoms with Crippen LogP contribution in [0.2, 0.25) is 0 Å². The van der Waals surface area contributed by atoms with E-state index in [0.29, 0.717) is 37.6 Å². The van der Waals surface area contributed by atoms with E-state index < -0.39 is 0 Å². The number of amides is 4. The summed E-state index contributed by atoms with van der Waals surface area (Å²) in [6.45, 7) is 4.01. The van der Waals surface area contributed by atoms with Gasteiger partial charge in [0.25, 0.3) is 0 Å². The minimum absolute atomic E-state index is 0.116. The van der Waals surface area contributed by atoms with Crippen LogP contribution in [0, 0.1) is 5.82 Å². The molecule has 1 fully saturated rings. The highest BCUT2D eigenvalue weighted by atomic mass is 19.1. The van der Waals surface area contributed by atoms with E-state index in [1.165, 1.54) is 24.0 Å². The van der Waals surface area contributed by atoms with Crippen molar-refractivity contribution in [1.29, 1.82) is 0 Å². The van der Waals surface area contributed by atoms with Gasteiger partial charge in [0.15, 0.2) is 0 Å². The number of rotatable bonds is 8. The van der Waals surface area contributed by atoms with Crippen LogP contribution in [-0.2, 0) is 16.1 Å². The number of urea groups is 1. The monoisotopic (exact) mass is 533 g/mol. The van der Waals surface area contributed by atoms with Crippen LogP contribution in [0.5, 0.6) is 5.75 Å². The number of hydrogen-bond donors (Lipinski definition) is 2. The second kappa shape index (κ2) is 12.8. The Labute approximate surface area is 227 Å². The molecule has 1 saturated heterocycles. The number of methoxy groups -OCH3 is 1. The van der Waals surface area contributed by atoms with Crippen LogP contribution in [0.4, 0.5) is 26.2 Å². The second-order valence-corrected chi connectivity index (χ2v) is 9.23. The minimum atomic E-state index is -0.355. The van der Waals surface area contributed by atoms with Crippen molar-refractivity contribution >= 4 is 34.9 Å². The predicted octanol–water partition coefficient (Wildman–Crippen LogP) is 4.18. The maximum absolute atomic E-state index is 13.2. The van der Waals surface area contributed by atoms with Gasteiger partial charge in [-0.15, -0.1) is 0 Å². The third kappa shape index (κ3) is 7.70. The molecule has 0 radical (unpaired) electrons. The van der Waals surface area contributed by atoms with Crippen molar-refractivity contribution in [3.63, 3.8) is 0 Å². The lowest BCUT2D eigenvalue weighted by Crippen LogP contribution is -2.50. The lowest BCUT2D eigenvalue weighted by atomic mass is 10.2. The van der Waals surface area contributed by atoms with E-state index in [1.54, 1.807) is 48.4 Å². The zero-order chi connectivity index (χ0) is 27.8. The molecule has 204 valence electrons. The average molecular weight is 534 g/mol. The van der Waals surface area contributed by atoms with E-state index in [1.807, 2.05) is 24.3 Å². The molecule has 3 aromatic rings. The van der Waals surface area contributed by atoms with Gasteiger partial charge in [-0.2, -0.15) is 0 Å². The molecule has 4 amide bonds. The van der Waals surface area contributed by atoms with Gasteiger partial charge >= 0.3 is 6.03 Å². The maximum atomic E-state index is 13.2. The predicted molar refractivity (Wildman–Crippen MR) is 148 cm³/mol. The summed E-state index contributed by atoms with van der Waals surface area (Å²) in [6, 6.07) is 20.4. The molecule has 0 aliphatic carbocycles. The van der Waals surface area contributed by atoms with Crippen LogP contribution in [0.25, 0.3) is 0 Å². The molecular weight excluding hydrogens is 501 g/mol. The van der Waals surface area contributed by atoms with Crippen molar-refractivity contribution in [3.05, 3.63) is 84.2 Å². The minimum Gasteiger partial charge on any atom is -0.497 e. The molecule has 0 saturated carbocycles. The number of halogens is 1. The summed E-state index contributed by atoms with van der Waals surface area (Å²) in [5.41, 5.74) is 3.06. The third-order valence-electron chi connectivity index (χ3n) is 6.49. The Morgan fingerprint density at radius 3 is 2.03 bits per heavy atom. The number of carbonyl (C=O) groups excluding carboxylic acids is 3. The van der Waals surface area contributed by atoms with Crippen molar-refractivity contribution in [2.24, 2.45) is 0 Å². The molecule has 1 aliphatic heterocycles. The van der Waals surface area contributed by atoms with Crippen molar-refractivity contribution in [2.45, 2.75) is 13.5 Å². The quantitative estimate of drug-likeness (QED) is 0.453. The first kappa shape index (κ1) is 27.4. The van der Waals surface area contributed by atoms with Gasteiger partial charge < -0.3 is 30.1 Å². The third-order valence-corrected chi connectivity index (χ3v) is 6.49. The summed E-state index contributed by atoms with van der Waals surface area (Å²) < 4.78 is 18.3. The van der Waals surface area contributed by atoms with Crippen molar-refractivity contribution in [3.8, 4) is 5.75 Å². The lowest BCUT2D eigenvalue weighted by Gasteiger charge is -2.36. The lowest BCUT2D eigenvalue weighted by molar-refractivity contribution is -0.133. The fourth-order valence-electron chi connectivity index (χ4n) is 4.26. The zero-order valence-corrected chi connectivity index (χ0v) is 22.0. The first-order valence-electron chi connectivity index (χ1n) is 12.7. The van der Waals surface area contributed by atoms with Gasteiger partial charge in [-0.3, -0.25) is 9.59 Å². The Hall–Kier alpha value is -4.60. The highest BCUT2D eigenvalue weighted by Crippen LogP contribution is 2.21. The van der Waals surface area contributed by atoms with Gasteiger partial charge in [0.1, 0.15) is 18.1 Å². The molecule has 3 aromatic carbocycles. The van der Waals surface area contributed by atoms with E-state index in [4.69, 9.17) is 4.74 Å². The standard InChI is InChI=1S/C29H32FN5O4/c1-21(36)35(19-22-3-5-23(30)6-4-22)20-28(37)31-24-7-11-26(12-8-24)33-15-17-34(18-16-33)29(38)32-25-9-13-27(39-2)14-10-25/h3-14H,15-20H2,1-2H3,(H,31,37)(H,32,38). The molecule has 0 unspecified atom stereocenters. The Bertz CT molecular complexity index is 1270. The van der Waals surface area contributed by atoms with Crippen LogP contribution in [0.3, 0.4) is 0 Å². The molecule has 10 heteroatoms. The van der Waals surface area contributed by atoms with E-state index >= 15 is 0 Å². The second-order valence-electron chi connectivity index (χ2n) is 9.23. The number of carbonyl (C=O) groups is 3. The van der Waals surface area contributed by atoms with Crippen molar-refractivity contribution < 1.29 is 23.5 Å². The van der Waals surface area contributed by atoms with Gasteiger partial charge in [0.05, 0.1) is 7.11 Å². The Kier molecular flexibility index (Phi) is 8.98. The summed E-state index contributed by atoms with van der Waals surface area (Å²) >= 11 is 0. The van der Waals surface area contributed by atoms with Gasteiger partial charge in [-0.1, -0.05) is 12.1 Å². The molecule has 0 atom stereocenters. The van der Waals surface area contributed by atoms with Gasteiger partial charge in [-0.05, 0) is 66.2 Å².